The van der Waals surface area contributed by atoms with Crippen molar-refractivity contribution < 1.29 is 43.3 Å². The van der Waals surface area contributed by atoms with E-state index in [4.69, 9.17) is 15.6 Å². The van der Waals surface area contributed by atoms with E-state index in [1.54, 1.807) is 6.92 Å². The zero-order chi connectivity index (χ0) is 25.8. The summed E-state index contributed by atoms with van der Waals surface area (Å²) in [5.41, 5.74) is 5.71. The van der Waals surface area contributed by atoms with Crippen LogP contribution in [-0.4, -0.2) is 84.7 Å². The highest BCUT2D eigenvalue weighted by atomic mass is 33.1. The van der Waals surface area contributed by atoms with Gasteiger partial charge < -0.3 is 30.4 Å². The molecule has 4 N–H and O–H groups in total. The van der Waals surface area contributed by atoms with Crippen molar-refractivity contribution in [3.63, 3.8) is 0 Å². The molecule has 1 amide bonds. The number of Topliss-reactive ketones (excluding diaryl/α,β-unsaturated/α-hetero) is 2. The second-order valence-electron chi connectivity index (χ2n) is 7.25. The molecule has 0 bridgehead atoms. The first kappa shape index (κ1) is 35.2. The van der Waals surface area contributed by atoms with Crippen LogP contribution in [0.5, 0.6) is 0 Å². The number of hydrogen-bond acceptors (Lipinski definition) is 11. The maximum Gasteiger partial charge on any atom is 0.304 e. The Morgan fingerprint density at radius 2 is 1.77 bits per heavy atom. The molecule has 0 rings (SSSR count). The van der Waals surface area contributed by atoms with Crippen molar-refractivity contribution in [2.75, 3.05) is 31.3 Å². The molecule has 13 heteroatoms. The molecule has 0 aromatic heterocycles. The van der Waals surface area contributed by atoms with Gasteiger partial charge in [0.1, 0.15) is 18.7 Å². The third-order valence-electron chi connectivity index (χ3n) is 4.56. The zero-order valence-electron chi connectivity index (χ0n) is 19.3. The van der Waals surface area contributed by atoms with E-state index in [-0.39, 0.29) is 58.0 Å². The predicted molar refractivity (Wildman–Crippen MR) is 135 cm³/mol. The fraction of sp³-hybridized carbons (Fsp3) is 0.727. The molecular formula is C22H38N2O9S2. The maximum atomic E-state index is 12.8. The maximum absolute atomic E-state index is 12.8. The summed E-state index contributed by atoms with van der Waals surface area (Å²) < 4.78 is 9.84. The van der Waals surface area contributed by atoms with Gasteiger partial charge in [-0.25, -0.2) is 0 Å². The average molecular weight is 539 g/mol. The number of amides is 1. The minimum atomic E-state index is -1.24. The molecule has 0 aromatic carbocycles. The van der Waals surface area contributed by atoms with Crippen molar-refractivity contribution in [2.24, 2.45) is 11.7 Å². The largest absolute Gasteiger partial charge is 0.481 e. The highest BCUT2D eigenvalue weighted by Crippen LogP contribution is 2.23. The summed E-state index contributed by atoms with van der Waals surface area (Å²) in [7, 11) is 2.64. The van der Waals surface area contributed by atoms with Crippen LogP contribution in [0.15, 0.2) is 0 Å². The molecule has 0 spiro atoms. The highest BCUT2D eigenvalue weighted by Gasteiger charge is 2.30. The zero-order valence-corrected chi connectivity index (χ0v) is 20.9. The molecule has 3 atom stereocenters. The van der Waals surface area contributed by atoms with Gasteiger partial charge in [0.05, 0.1) is 31.0 Å². The number of nitrogens with two attached hydrogens (primary N) is 1. The molecule has 202 valence electrons. The summed E-state index contributed by atoms with van der Waals surface area (Å²) in [6.45, 7) is 2.78. The predicted octanol–water partition coefficient (Wildman–Crippen LogP) is 1.40. The fourth-order valence-corrected chi connectivity index (χ4v) is 4.69. The lowest BCUT2D eigenvalue weighted by molar-refractivity contribution is -0.142. The van der Waals surface area contributed by atoms with Crippen molar-refractivity contribution in [2.45, 2.75) is 65.0 Å². The van der Waals surface area contributed by atoms with Gasteiger partial charge in [-0.1, -0.05) is 35.9 Å². The van der Waals surface area contributed by atoms with Crippen molar-refractivity contribution >= 4 is 57.8 Å². The average Bonchev–Trinajstić information content (AvgIpc) is 2.80. The van der Waals surface area contributed by atoms with Gasteiger partial charge in [0.25, 0.3) is 6.47 Å². The van der Waals surface area contributed by atoms with Crippen LogP contribution < -0.4 is 11.1 Å². The number of nitrogens with one attached hydrogen (secondary N) is 1. The summed E-state index contributed by atoms with van der Waals surface area (Å²) in [6, 6.07) is -1.69. The number of carbonyl (C=O) groups excluding carboxylic acids is 5. The van der Waals surface area contributed by atoms with Crippen molar-refractivity contribution in [3.05, 3.63) is 0 Å². The number of aldehydes is 1. The topological polar surface area (TPSA) is 179 Å². The van der Waals surface area contributed by atoms with E-state index >= 15 is 0 Å². The lowest BCUT2D eigenvalue weighted by Gasteiger charge is -2.21. The molecule has 0 saturated heterocycles. The molecule has 0 fully saturated rings. The Morgan fingerprint density at radius 1 is 1.06 bits per heavy atom. The number of aliphatic carboxylic acids is 1. The van der Waals surface area contributed by atoms with E-state index in [1.807, 2.05) is 0 Å². The Kier molecular flexibility index (Phi) is 22.6. The van der Waals surface area contributed by atoms with Gasteiger partial charge in [0.2, 0.25) is 5.91 Å². The number of ether oxygens (including phenoxy) is 2. The highest BCUT2D eigenvalue weighted by molar-refractivity contribution is 8.76. The fourth-order valence-electron chi connectivity index (χ4n) is 2.66. The second-order valence-corrected chi connectivity index (χ2v) is 9.88. The molecule has 0 aliphatic carbocycles. The van der Waals surface area contributed by atoms with Gasteiger partial charge in [0.15, 0.2) is 5.78 Å². The summed E-state index contributed by atoms with van der Waals surface area (Å²) in [4.78, 5) is 69.4. The number of hydrogen-bond donors (Lipinski definition) is 3. The van der Waals surface area contributed by atoms with E-state index in [2.05, 4.69) is 10.1 Å². The van der Waals surface area contributed by atoms with Crippen molar-refractivity contribution in [1.82, 2.24) is 5.32 Å². The molecule has 0 aliphatic heterocycles. The first-order valence-corrected chi connectivity index (χ1v) is 13.4. The van der Waals surface area contributed by atoms with Crippen LogP contribution in [0.1, 0.15) is 52.9 Å². The Labute approximate surface area is 214 Å². The lowest BCUT2D eigenvalue weighted by atomic mass is 9.93. The van der Waals surface area contributed by atoms with E-state index in [0.29, 0.717) is 25.1 Å². The number of ketones is 2. The van der Waals surface area contributed by atoms with Crippen LogP contribution in [0.3, 0.4) is 0 Å². The molecule has 0 radical (unpaired) electrons. The van der Waals surface area contributed by atoms with Crippen LogP contribution in [0.2, 0.25) is 0 Å². The van der Waals surface area contributed by atoms with Crippen LogP contribution in [0, 0.1) is 5.92 Å². The molecule has 11 nitrogen and oxygen atoms in total. The Morgan fingerprint density at radius 3 is 2.37 bits per heavy atom. The third kappa shape index (κ3) is 18.0. The van der Waals surface area contributed by atoms with Gasteiger partial charge in [-0.2, -0.15) is 0 Å². The Hall–Kier alpha value is -1.96. The molecule has 35 heavy (non-hydrogen) atoms. The minimum Gasteiger partial charge on any atom is -0.481 e. The first-order chi connectivity index (χ1) is 16.3. The van der Waals surface area contributed by atoms with E-state index in [0.717, 1.165) is 6.29 Å². The van der Waals surface area contributed by atoms with Crippen LogP contribution in [-0.2, 0) is 38.2 Å². The van der Waals surface area contributed by atoms with Crippen molar-refractivity contribution in [1.29, 1.82) is 0 Å². The van der Waals surface area contributed by atoms with Gasteiger partial charge in [-0.05, 0) is 12.8 Å². The lowest BCUT2D eigenvalue weighted by Crippen LogP contribution is -2.46. The molecule has 0 saturated carbocycles. The summed E-state index contributed by atoms with van der Waals surface area (Å²) in [5, 5.41) is 11.8. The SMILES string of the molecule is C.CC[C@H](N)C(=O)C[C@@H](CC(=O)O)C(=O)N[C@@H](CSSCCOC=O)C(=O)CCCOCCC=O. The standard InChI is InChI=1S/C21H34N2O9S2.CH4/c1-2-16(22)19(27)11-15(12-20(28)29)21(30)23-17(13-34-33-10-9-32-14-25)18(26)5-3-7-31-8-4-6-24;/h6,14-17H,2-5,7-13,22H2,1H3,(H,23,30)(H,28,29);1H4/t15-,16-,17-;/m0./s1. The smallest absolute Gasteiger partial charge is 0.304 e. The van der Waals surface area contributed by atoms with Crippen LogP contribution >= 0.6 is 21.6 Å². The number of carbonyl (C=O) groups is 6. The number of carboxylic acids is 1. The molecular weight excluding hydrogens is 500 g/mol. The Balaban J connectivity index is 0. The molecule has 0 heterocycles. The number of rotatable bonds is 23. The van der Waals surface area contributed by atoms with E-state index < -0.39 is 42.1 Å². The van der Waals surface area contributed by atoms with E-state index in [1.165, 1.54) is 21.6 Å². The van der Waals surface area contributed by atoms with Crippen LogP contribution in [0.25, 0.3) is 0 Å². The summed E-state index contributed by atoms with van der Waals surface area (Å²) in [5.74, 6) is -3.10. The molecule has 0 unspecified atom stereocenters. The normalized spacial score (nSPS) is 13.0. The van der Waals surface area contributed by atoms with Gasteiger partial charge >= 0.3 is 5.97 Å². The third-order valence-corrected chi connectivity index (χ3v) is 6.94. The summed E-state index contributed by atoms with van der Waals surface area (Å²) >= 11 is 0. The number of carboxylic acid groups (broad SMARTS) is 1. The second kappa shape index (κ2) is 22.5. The minimum absolute atomic E-state index is 0. The van der Waals surface area contributed by atoms with Gasteiger partial charge in [0, 0.05) is 37.4 Å². The summed E-state index contributed by atoms with van der Waals surface area (Å²) in [6.07, 6.45) is 0.954. The van der Waals surface area contributed by atoms with E-state index in [9.17, 15) is 28.8 Å². The Bertz CT molecular complexity index is 665. The first-order valence-electron chi connectivity index (χ1n) is 10.9. The molecule has 0 aliphatic rings. The van der Waals surface area contributed by atoms with Gasteiger partial charge in [-0.3, -0.25) is 24.0 Å². The molecule has 0 aromatic rings. The van der Waals surface area contributed by atoms with Crippen LogP contribution in [0.4, 0.5) is 0 Å². The monoisotopic (exact) mass is 538 g/mol. The quantitative estimate of drug-likeness (QED) is 0.0968. The van der Waals surface area contributed by atoms with Crippen molar-refractivity contribution in [3.8, 4) is 0 Å². The van der Waals surface area contributed by atoms with Gasteiger partial charge in [-0.15, -0.1) is 0 Å².